The topological polar surface area (TPSA) is 12.0 Å². The van der Waals surface area contributed by atoms with Crippen LogP contribution < -0.4 is 5.32 Å². The highest BCUT2D eigenvalue weighted by Gasteiger charge is 2.02. The fraction of sp³-hybridized carbons (Fsp3) is 0.143. The third-order valence-corrected chi connectivity index (χ3v) is 3.58. The average Bonchev–Trinajstić information content (AvgIpc) is 2.34. The SMILES string of the molecule is Fc1ccccc1CNCc1ccc(Cl)cc1Br. The molecule has 2 aromatic rings. The standard InChI is InChI=1S/C14H12BrClFN/c15-13-7-12(16)6-5-10(13)8-18-9-11-3-1-2-4-14(11)17/h1-7,18H,8-9H2. The van der Waals surface area contributed by atoms with Gasteiger partial charge in [0.15, 0.2) is 0 Å². The van der Waals surface area contributed by atoms with Crippen LogP contribution in [0.2, 0.25) is 5.02 Å². The van der Waals surface area contributed by atoms with E-state index >= 15 is 0 Å². The van der Waals surface area contributed by atoms with Gasteiger partial charge in [0.25, 0.3) is 0 Å². The lowest BCUT2D eigenvalue weighted by molar-refractivity contribution is 0.587. The first-order chi connectivity index (χ1) is 8.66. The molecule has 4 heteroatoms. The Kier molecular flexibility index (Phi) is 4.75. The van der Waals surface area contributed by atoms with Crippen LogP contribution in [-0.2, 0) is 13.1 Å². The zero-order chi connectivity index (χ0) is 13.0. The Morgan fingerprint density at radius 1 is 1.06 bits per heavy atom. The van der Waals surface area contributed by atoms with Gasteiger partial charge in [-0.2, -0.15) is 0 Å². The number of hydrogen-bond donors (Lipinski definition) is 1. The van der Waals surface area contributed by atoms with Gasteiger partial charge >= 0.3 is 0 Å². The van der Waals surface area contributed by atoms with Gasteiger partial charge in [-0.25, -0.2) is 4.39 Å². The zero-order valence-corrected chi connectivity index (χ0v) is 11.9. The van der Waals surface area contributed by atoms with Gasteiger partial charge in [-0.05, 0) is 23.8 Å². The van der Waals surface area contributed by atoms with E-state index in [2.05, 4.69) is 21.2 Å². The Morgan fingerprint density at radius 3 is 2.50 bits per heavy atom. The van der Waals surface area contributed by atoms with Crippen LogP contribution in [0.5, 0.6) is 0 Å². The summed E-state index contributed by atoms with van der Waals surface area (Å²) in [7, 11) is 0. The number of hydrogen-bond acceptors (Lipinski definition) is 1. The molecule has 0 saturated carbocycles. The lowest BCUT2D eigenvalue weighted by atomic mass is 10.2. The molecule has 0 saturated heterocycles. The summed E-state index contributed by atoms with van der Waals surface area (Å²) < 4.78 is 14.3. The van der Waals surface area contributed by atoms with Crippen LogP contribution in [0.25, 0.3) is 0 Å². The largest absolute Gasteiger partial charge is 0.308 e. The molecule has 0 radical (unpaired) electrons. The molecule has 0 aromatic heterocycles. The van der Waals surface area contributed by atoms with Crippen molar-refractivity contribution in [2.45, 2.75) is 13.1 Å². The summed E-state index contributed by atoms with van der Waals surface area (Å²) in [4.78, 5) is 0. The minimum Gasteiger partial charge on any atom is -0.308 e. The monoisotopic (exact) mass is 327 g/mol. The minimum absolute atomic E-state index is 0.180. The van der Waals surface area contributed by atoms with Gasteiger partial charge in [-0.1, -0.05) is 51.8 Å². The van der Waals surface area contributed by atoms with Crippen LogP contribution in [0, 0.1) is 5.82 Å². The molecule has 0 atom stereocenters. The van der Waals surface area contributed by atoms with E-state index in [9.17, 15) is 4.39 Å². The first-order valence-electron chi connectivity index (χ1n) is 5.55. The van der Waals surface area contributed by atoms with Crippen molar-refractivity contribution >= 4 is 27.5 Å². The molecule has 2 aromatic carbocycles. The van der Waals surface area contributed by atoms with Gasteiger partial charge in [-0.15, -0.1) is 0 Å². The van der Waals surface area contributed by atoms with E-state index in [0.717, 1.165) is 10.0 Å². The first kappa shape index (κ1) is 13.5. The highest BCUT2D eigenvalue weighted by Crippen LogP contribution is 2.21. The van der Waals surface area contributed by atoms with E-state index in [1.54, 1.807) is 12.1 Å². The Labute approximate surface area is 119 Å². The van der Waals surface area contributed by atoms with Crippen molar-refractivity contribution in [1.82, 2.24) is 5.32 Å². The summed E-state index contributed by atoms with van der Waals surface area (Å²) in [5.41, 5.74) is 1.76. The van der Waals surface area contributed by atoms with Crippen LogP contribution in [0.3, 0.4) is 0 Å². The molecule has 2 rings (SSSR count). The van der Waals surface area contributed by atoms with Gasteiger partial charge in [0, 0.05) is 28.1 Å². The highest BCUT2D eigenvalue weighted by atomic mass is 79.9. The summed E-state index contributed by atoms with van der Waals surface area (Å²) in [5.74, 6) is -0.180. The Bertz CT molecular complexity index is 545. The molecule has 0 unspecified atom stereocenters. The smallest absolute Gasteiger partial charge is 0.127 e. The molecule has 0 bridgehead atoms. The van der Waals surface area contributed by atoms with E-state index in [1.165, 1.54) is 6.07 Å². The molecule has 0 heterocycles. The van der Waals surface area contributed by atoms with Crippen molar-refractivity contribution < 1.29 is 4.39 Å². The van der Waals surface area contributed by atoms with Crippen molar-refractivity contribution in [3.63, 3.8) is 0 Å². The Balaban J connectivity index is 1.95. The highest BCUT2D eigenvalue weighted by molar-refractivity contribution is 9.10. The van der Waals surface area contributed by atoms with Crippen LogP contribution in [0.1, 0.15) is 11.1 Å². The molecule has 0 amide bonds. The van der Waals surface area contributed by atoms with E-state index < -0.39 is 0 Å². The Morgan fingerprint density at radius 2 is 1.78 bits per heavy atom. The zero-order valence-electron chi connectivity index (χ0n) is 9.59. The van der Waals surface area contributed by atoms with Gasteiger partial charge < -0.3 is 5.32 Å². The summed E-state index contributed by atoms with van der Waals surface area (Å²) in [6.45, 7) is 1.16. The van der Waals surface area contributed by atoms with Crippen LogP contribution >= 0.6 is 27.5 Å². The summed E-state index contributed by atoms with van der Waals surface area (Å²) in [6.07, 6.45) is 0. The predicted molar refractivity (Wildman–Crippen MR) is 76.1 cm³/mol. The second-order valence-electron chi connectivity index (χ2n) is 3.93. The fourth-order valence-electron chi connectivity index (χ4n) is 1.64. The minimum atomic E-state index is -0.180. The van der Waals surface area contributed by atoms with E-state index in [1.807, 2.05) is 24.3 Å². The molecule has 18 heavy (non-hydrogen) atoms. The molecule has 0 aliphatic rings. The van der Waals surface area contributed by atoms with E-state index in [0.29, 0.717) is 23.7 Å². The second kappa shape index (κ2) is 6.32. The van der Waals surface area contributed by atoms with Gasteiger partial charge in [0.05, 0.1) is 0 Å². The van der Waals surface area contributed by atoms with Crippen molar-refractivity contribution in [3.05, 3.63) is 68.9 Å². The fourth-order valence-corrected chi connectivity index (χ4v) is 2.46. The van der Waals surface area contributed by atoms with Crippen molar-refractivity contribution in [3.8, 4) is 0 Å². The van der Waals surface area contributed by atoms with E-state index in [4.69, 9.17) is 11.6 Å². The molecule has 94 valence electrons. The summed E-state index contributed by atoms with van der Waals surface area (Å²) in [6, 6.07) is 12.4. The number of nitrogens with one attached hydrogen (secondary N) is 1. The van der Waals surface area contributed by atoms with Crippen LogP contribution in [0.4, 0.5) is 4.39 Å². The van der Waals surface area contributed by atoms with Crippen LogP contribution in [-0.4, -0.2) is 0 Å². The Hall–Kier alpha value is -0.900. The second-order valence-corrected chi connectivity index (χ2v) is 5.22. The molecule has 0 aliphatic heterocycles. The molecular formula is C14H12BrClFN. The maximum absolute atomic E-state index is 13.4. The van der Waals surface area contributed by atoms with Crippen molar-refractivity contribution in [2.24, 2.45) is 0 Å². The molecule has 0 aliphatic carbocycles. The van der Waals surface area contributed by atoms with Crippen molar-refractivity contribution in [2.75, 3.05) is 0 Å². The molecule has 0 fully saturated rings. The van der Waals surface area contributed by atoms with Gasteiger partial charge in [0.2, 0.25) is 0 Å². The number of benzene rings is 2. The maximum atomic E-state index is 13.4. The lowest BCUT2D eigenvalue weighted by Crippen LogP contribution is -2.14. The quantitative estimate of drug-likeness (QED) is 0.869. The third kappa shape index (κ3) is 3.55. The molecule has 1 nitrogen and oxygen atoms in total. The third-order valence-electron chi connectivity index (χ3n) is 2.60. The van der Waals surface area contributed by atoms with Crippen LogP contribution in [0.15, 0.2) is 46.9 Å². The molecule has 0 spiro atoms. The normalized spacial score (nSPS) is 10.6. The summed E-state index contributed by atoms with van der Waals surface area (Å²) >= 11 is 9.32. The van der Waals surface area contributed by atoms with E-state index in [-0.39, 0.29) is 5.82 Å². The predicted octanol–water partition coefficient (Wildman–Crippen LogP) is 4.53. The maximum Gasteiger partial charge on any atom is 0.127 e. The summed E-state index contributed by atoms with van der Waals surface area (Å²) in [5, 5.41) is 3.90. The number of rotatable bonds is 4. The van der Waals surface area contributed by atoms with Gasteiger partial charge in [0.1, 0.15) is 5.82 Å². The first-order valence-corrected chi connectivity index (χ1v) is 6.72. The van der Waals surface area contributed by atoms with Gasteiger partial charge in [-0.3, -0.25) is 0 Å². The molecule has 1 N–H and O–H groups in total. The lowest BCUT2D eigenvalue weighted by Gasteiger charge is -2.08. The molecular weight excluding hydrogens is 317 g/mol. The number of halogens is 3. The van der Waals surface area contributed by atoms with Crippen molar-refractivity contribution in [1.29, 1.82) is 0 Å². The average molecular weight is 329 g/mol.